The molecule has 27 heavy (non-hydrogen) atoms. The van der Waals surface area contributed by atoms with E-state index < -0.39 is 33.3 Å². The Morgan fingerprint density at radius 1 is 1.37 bits per heavy atom. The van der Waals surface area contributed by atoms with E-state index in [1.54, 1.807) is 0 Å². The molecule has 0 aliphatic carbocycles. The molecule has 0 bridgehead atoms. The summed E-state index contributed by atoms with van der Waals surface area (Å²) in [5, 5.41) is 11.5. The Morgan fingerprint density at radius 3 is 2.81 bits per heavy atom. The van der Waals surface area contributed by atoms with Gasteiger partial charge in [0.2, 0.25) is 10.0 Å². The molecule has 1 aliphatic rings. The van der Waals surface area contributed by atoms with Crippen molar-refractivity contribution in [1.29, 1.82) is 0 Å². The molecule has 1 aromatic heterocycles. The van der Waals surface area contributed by atoms with Crippen LogP contribution in [0.25, 0.3) is 0 Å². The monoisotopic (exact) mass is 397 g/mol. The minimum absolute atomic E-state index is 0.0471. The Kier molecular flexibility index (Phi) is 5.63. The quantitative estimate of drug-likeness (QED) is 0.403. The van der Waals surface area contributed by atoms with Gasteiger partial charge in [-0.15, -0.1) is 0 Å². The van der Waals surface area contributed by atoms with Crippen molar-refractivity contribution in [3.05, 3.63) is 59.1 Å². The summed E-state index contributed by atoms with van der Waals surface area (Å²) in [7, 11) is -4.12. The number of hydrogen-bond donors (Lipinski definition) is 0. The van der Waals surface area contributed by atoms with Crippen molar-refractivity contribution in [1.82, 2.24) is 9.29 Å². The number of hydrogen-bond acceptors (Lipinski definition) is 7. The third-order valence-corrected chi connectivity index (χ3v) is 5.79. The highest BCUT2D eigenvalue weighted by Crippen LogP contribution is 2.22. The molecule has 11 heteroatoms. The number of halogens is 1. The van der Waals surface area contributed by atoms with Gasteiger partial charge in [0, 0.05) is 19.2 Å². The Labute approximate surface area is 154 Å². The van der Waals surface area contributed by atoms with Crippen LogP contribution in [0.15, 0.2) is 41.6 Å². The standard InChI is InChI=1S/C16H16FN3O6S/c17-13-3-2-12(16(21)26-11-15-18-4-1-5-20(15)22)10-14(13)27(23,24)19-6-8-25-9-7-19/h1-5,10H,6-9,11H2. The smallest absolute Gasteiger partial charge is 0.339 e. The van der Waals surface area contributed by atoms with Gasteiger partial charge >= 0.3 is 11.8 Å². The molecular weight excluding hydrogens is 381 g/mol. The van der Waals surface area contributed by atoms with E-state index in [1.807, 2.05) is 0 Å². The van der Waals surface area contributed by atoms with Crippen molar-refractivity contribution in [2.75, 3.05) is 26.3 Å². The summed E-state index contributed by atoms with van der Waals surface area (Å²) in [6.45, 7) is 0.203. The van der Waals surface area contributed by atoms with Gasteiger partial charge in [-0.25, -0.2) is 22.3 Å². The minimum atomic E-state index is -4.12. The van der Waals surface area contributed by atoms with Crippen LogP contribution in [-0.2, 0) is 26.1 Å². The Hall–Kier alpha value is -2.63. The first-order chi connectivity index (χ1) is 12.9. The van der Waals surface area contributed by atoms with E-state index in [4.69, 9.17) is 9.47 Å². The van der Waals surface area contributed by atoms with Gasteiger partial charge in [0.25, 0.3) is 0 Å². The Balaban J connectivity index is 1.80. The van der Waals surface area contributed by atoms with Crippen LogP contribution in [0.4, 0.5) is 4.39 Å². The molecule has 0 radical (unpaired) electrons. The molecule has 2 aromatic rings. The summed E-state index contributed by atoms with van der Waals surface area (Å²) in [6.07, 6.45) is 2.56. The summed E-state index contributed by atoms with van der Waals surface area (Å²) in [4.78, 5) is 15.3. The normalized spacial score (nSPS) is 15.4. The van der Waals surface area contributed by atoms with Gasteiger partial charge < -0.3 is 14.7 Å². The van der Waals surface area contributed by atoms with E-state index in [1.165, 1.54) is 18.5 Å². The van der Waals surface area contributed by atoms with Gasteiger partial charge in [0.1, 0.15) is 16.9 Å². The fourth-order valence-corrected chi connectivity index (χ4v) is 3.96. The Bertz CT molecular complexity index is 947. The van der Waals surface area contributed by atoms with Crippen molar-refractivity contribution in [2.24, 2.45) is 0 Å². The number of ether oxygens (including phenoxy) is 2. The van der Waals surface area contributed by atoms with Crippen molar-refractivity contribution < 1.29 is 31.8 Å². The molecule has 1 saturated heterocycles. The highest BCUT2D eigenvalue weighted by Gasteiger charge is 2.30. The Morgan fingerprint density at radius 2 is 2.11 bits per heavy atom. The predicted octanol–water partition coefficient (Wildman–Crippen LogP) is 0.232. The number of esters is 1. The first-order valence-electron chi connectivity index (χ1n) is 7.97. The molecule has 0 amide bonds. The lowest BCUT2D eigenvalue weighted by atomic mass is 10.2. The average molecular weight is 397 g/mol. The molecule has 0 saturated carbocycles. The van der Waals surface area contributed by atoms with Gasteiger partial charge in [-0.05, 0) is 23.2 Å². The maximum Gasteiger partial charge on any atom is 0.339 e. The third-order valence-electron chi connectivity index (χ3n) is 3.87. The maximum absolute atomic E-state index is 14.1. The maximum atomic E-state index is 14.1. The molecule has 144 valence electrons. The van der Waals surface area contributed by atoms with E-state index in [9.17, 15) is 22.8 Å². The van der Waals surface area contributed by atoms with Crippen LogP contribution < -0.4 is 4.73 Å². The van der Waals surface area contributed by atoms with Crippen molar-refractivity contribution >= 4 is 16.0 Å². The summed E-state index contributed by atoms with van der Waals surface area (Å²) in [5.41, 5.74) is -0.156. The molecule has 0 N–H and O–H groups in total. The van der Waals surface area contributed by atoms with Crippen LogP contribution in [0.1, 0.15) is 16.2 Å². The highest BCUT2D eigenvalue weighted by molar-refractivity contribution is 7.89. The van der Waals surface area contributed by atoms with Crippen molar-refractivity contribution in [2.45, 2.75) is 11.5 Å². The van der Waals surface area contributed by atoms with Gasteiger partial charge in [0.15, 0.2) is 6.61 Å². The van der Waals surface area contributed by atoms with E-state index in [0.717, 1.165) is 22.5 Å². The number of carbonyl (C=O) groups excluding carboxylic acids is 1. The molecule has 9 nitrogen and oxygen atoms in total. The van der Waals surface area contributed by atoms with Gasteiger partial charge in [-0.1, -0.05) is 0 Å². The fraction of sp³-hybridized carbons (Fsp3) is 0.312. The number of morpholine rings is 1. The molecule has 0 unspecified atom stereocenters. The van der Waals surface area contributed by atoms with Gasteiger partial charge in [0.05, 0.1) is 25.0 Å². The molecule has 1 aliphatic heterocycles. The zero-order valence-electron chi connectivity index (χ0n) is 14.1. The molecule has 0 spiro atoms. The molecule has 3 rings (SSSR count). The number of rotatable bonds is 5. The summed E-state index contributed by atoms with van der Waals surface area (Å²) >= 11 is 0. The summed E-state index contributed by atoms with van der Waals surface area (Å²) < 4.78 is 51.0. The van der Waals surface area contributed by atoms with Crippen LogP contribution in [0, 0.1) is 11.0 Å². The third kappa shape index (κ3) is 4.21. The molecule has 1 aromatic carbocycles. The van der Waals surface area contributed by atoms with Crippen molar-refractivity contribution in [3.8, 4) is 0 Å². The lowest BCUT2D eigenvalue weighted by Crippen LogP contribution is -2.41. The second-order valence-electron chi connectivity index (χ2n) is 5.60. The second-order valence-corrected chi connectivity index (χ2v) is 7.51. The SMILES string of the molecule is O=C(OCc1nccc[n+]1[O-])c1ccc(F)c(S(=O)(=O)N2CCOCC2)c1. The number of carbonyl (C=O) groups is 1. The average Bonchev–Trinajstić information content (AvgIpc) is 2.68. The van der Waals surface area contributed by atoms with Gasteiger partial charge in [-0.3, -0.25) is 0 Å². The van der Waals surface area contributed by atoms with E-state index in [0.29, 0.717) is 4.73 Å². The number of aromatic nitrogens is 2. The first kappa shape index (κ1) is 19.1. The fourth-order valence-electron chi connectivity index (χ4n) is 2.46. The highest BCUT2D eigenvalue weighted by atomic mass is 32.2. The molecule has 2 heterocycles. The van der Waals surface area contributed by atoms with Crippen LogP contribution >= 0.6 is 0 Å². The largest absolute Gasteiger partial charge is 0.711 e. The van der Waals surface area contributed by atoms with E-state index in [2.05, 4.69) is 4.98 Å². The van der Waals surface area contributed by atoms with Crippen LogP contribution in [0.2, 0.25) is 0 Å². The molecule has 0 atom stereocenters. The van der Waals surface area contributed by atoms with Gasteiger partial charge in [-0.2, -0.15) is 4.31 Å². The second kappa shape index (κ2) is 7.94. The number of sulfonamides is 1. The predicted molar refractivity (Wildman–Crippen MR) is 88.3 cm³/mol. The lowest BCUT2D eigenvalue weighted by Gasteiger charge is -2.26. The molecule has 1 fully saturated rings. The first-order valence-corrected chi connectivity index (χ1v) is 9.41. The van der Waals surface area contributed by atoms with Crippen LogP contribution in [0.5, 0.6) is 0 Å². The van der Waals surface area contributed by atoms with Crippen LogP contribution in [0.3, 0.4) is 0 Å². The minimum Gasteiger partial charge on any atom is -0.711 e. The van der Waals surface area contributed by atoms with Crippen molar-refractivity contribution in [3.63, 3.8) is 0 Å². The zero-order valence-corrected chi connectivity index (χ0v) is 14.9. The topological polar surface area (TPSA) is 113 Å². The zero-order chi connectivity index (χ0) is 19.4. The number of nitrogens with zero attached hydrogens (tertiary/aromatic N) is 3. The van der Waals surface area contributed by atoms with E-state index in [-0.39, 0.29) is 37.7 Å². The van der Waals surface area contributed by atoms with E-state index >= 15 is 0 Å². The number of benzene rings is 1. The lowest BCUT2D eigenvalue weighted by molar-refractivity contribution is -0.620. The molecular formula is C16H16FN3O6S. The summed E-state index contributed by atoms with van der Waals surface area (Å²) in [5.74, 6) is -1.92. The summed E-state index contributed by atoms with van der Waals surface area (Å²) in [6, 6.07) is 4.34. The van der Waals surface area contributed by atoms with Crippen LogP contribution in [-0.4, -0.2) is 50.0 Å².